The van der Waals surface area contributed by atoms with Gasteiger partial charge in [-0.3, -0.25) is 0 Å². The molecule has 0 aliphatic rings. The molecule has 0 saturated carbocycles. The molecule has 0 bridgehead atoms. The van der Waals surface area contributed by atoms with Gasteiger partial charge in [-0.05, 0) is 35.3 Å². The molecule has 0 amide bonds. The lowest BCUT2D eigenvalue weighted by Gasteiger charge is -2.10. The van der Waals surface area contributed by atoms with Crippen LogP contribution < -0.4 is 5.73 Å². The minimum Gasteiger partial charge on any atom is -0.506 e. The van der Waals surface area contributed by atoms with Crippen LogP contribution in [0.15, 0.2) is 16.6 Å². The largest absolute Gasteiger partial charge is 0.506 e. The number of hydrogen-bond donors (Lipinski definition) is 2. The van der Waals surface area contributed by atoms with Crippen LogP contribution in [-0.2, 0) is 0 Å². The molecule has 1 unspecified atom stereocenters. The third kappa shape index (κ3) is 1.62. The van der Waals surface area contributed by atoms with Crippen molar-refractivity contribution in [2.45, 2.75) is 19.9 Å². The summed E-state index contributed by atoms with van der Waals surface area (Å²) < 4.78 is 0.734. The lowest BCUT2D eigenvalue weighted by Crippen LogP contribution is -2.05. The fraction of sp³-hybridized carbons (Fsp3) is 0.333. The molecule has 1 aromatic carbocycles. The van der Waals surface area contributed by atoms with E-state index in [9.17, 15) is 5.11 Å². The van der Waals surface area contributed by atoms with E-state index >= 15 is 0 Å². The van der Waals surface area contributed by atoms with Crippen molar-refractivity contribution in [2.75, 3.05) is 0 Å². The zero-order valence-electron chi connectivity index (χ0n) is 7.13. The third-order valence-electron chi connectivity index (χ3n) is 1.83. The fourth-order valence-electron chi connectivity index (χ4n) is 1.05. The van der Waals surface area contributed by atoms with E-state index < -0.39 is 0 Å². The van der Waals surface area contributed by atoms with Gasteiger partial charge in [0.25, 0.3) is 0 Å². The quantitative estimate of drug-likeness (QED) is 0.778. The summed E-state index contributed by atoms with van der Waals surface area (Å²) in [5.41, 5.74) is 7.43. The minimum absolute atomic E-state index is 0.137. The van der Waals surface area contributed by atoms with Gasteiger partial charge in [-0.15, -0.1) is 0 Å². The van der Waals surface area contributed by atoms with Gasteiger partial charge in [0.15, 0.2) is 0 Å². The highest BCUT2D eigenvalue weighted by Crippen LogP contribution is 2.33. The van der Waals surface area contributed by atoms with Gasteiger partial charge in [0, 0.05) is 11.6 Å². The van der Waals surface area contributed by atoms with E-state index in [1.807, 2.05) is 26.0 Å². The van der Waals surface area contributed by atoms with E-state index in [-0.39, 0.29) is 11.8 Å². The van der Waals surface area contributed by atoms with Crippen LogP contribution in [-0.4, -0.2) is 5.11 Å². The molecular weight excluding hydrogens is 218 g/mol. The van der Waals surface area contributed by atoms with Crippen LogP contribution in [0.25, 0.3) is 0 Å². The predicted octanol–water partition coefficient (Wildman–Crippen LogP) is 2.48. The first-order chi connectivity index (χ1) is 5.54. The fourth-order valence-corrected chi connectivity index (χ4v) is 1.41. The summed E-state index contributed by atoms with van der Waals surface area (Å²) in [5.74, 6) is 0.255. The SMILES string of the molecule is Cc1ccc(C(C)N)c(O)c1Br. The van der Waals surface area contributed by atoms with Gasteiger partial charge in [-0.25, -0.2) is 0 Å². The molecule has 0 radical (unpaired) electrons. The first-order valence-electron chi connectivity index (χ1n) is 3.77. The maximum atomic E-state index is 9.62. The summed E-state index contributed by atoms with van der Waals surface area (Å²) in [6.07, 6.45) is 0. The van der Waals surface area contributed by atoms with E-state index in [1.54, 1.807) is 0 Å². The van der Waals surface area contributed by atoms with Gasteiger partial charge < -0.3 is 10.8 Å². The van der Waals surface area contributed by atoms with E-state index in [4.69, 9.17) is 5.73 Å². The summed E-state index contributed by atoms with van der Waals surface area (Å²) in [7, 11) is 0. The lowest BCUT2D eigenvalue weighted by molar-refractivity contribution is 0.460. The summed E-state index contributed by atoms with van der Waals surface area (Å²) in [5, 5.41) is 9.62. The molecule has 0 aromatic heterocycles. The minimum atomic E-state index is -0.137. The summed E-state index contributed by atoms with van der Waals surface area (Å²) >= 11 is 3.29. The first kappa shape index (κ1) is 9.55. The van der Waals surface area contributed by atoms with Crippen molar-refractivity contribution in [3.05, 3.63) is 27.7 Å². The van der Waals surface area contributed by atoms with Crippen molar-refractivity contribution < 1.29 is 5.11 Å². The molecule has 3 N–H and O–H groups in total. The molecule has 66 valence electrons. The smallest absolute Gasteiger partial charge is 0.134 e. The molecule has 0 aliphatic carbocycles. The number of hydrogen-bond acceptors (Lipinski definition) is 2. The van der Waals surface area contributed by atoms with Crippen LogP contribution in [0, 0.1) is 6.92 Å². The molecule has 3 heteroatoms. The van der Waals surface area contributed by atoms with Crippen molar-refractivity contribution in [1.29, 1.82) is 0 Å². The Hall–Kier alpha value is -0.540. The van der Waals surface area contributed by atoms with Gasteiger partial charge in [-0.2, -0.15) is 0 Å². The topological polar surface area (TPSA) is 46.2 Å². The summed E-state index contributed by atoms with van der Waals surface area (Å²) in [6, 6.07) is 3.64. The predicted molar refractivity (Wildman–Crippen MR) is 53.1 cm³/mol. The summed E-state index contributed by atoms with van der Waals surface area (Å²) in [4.78, 5) is 0. The molecule has 0 heterocycles. The molecule has 2 nitrogen and oxygen atoms in total. The van der Waals surface area contributed by atoms with Crippen molar-refractivity contribution in [3.63, 3.8) is 0 Å². The number of halogens is 1. The number of benzene rings is 1. The van der Waals surface area contributed by atoms with E-state index in [2.05, 4.69) is 15.9 Å². The van der Waals surface area contributed by atoms with Crippen LogP contribution in [0.2, 0.25) is 0 Å². The van der Waals surface area contributed by atoms with Crippen LogP contribution in [0.3, 0.4) is 0 Å². The number of aromatic hydroxyl groups is 1. The number of rotatable bonds is 1. The van der Waals surface area contributed by atoms with Gasteiger partial charge in [0.1, 0.15) is 5.75 Å². The lowest BCUT2D eigenvalue weighted by atomic mass is 10.1. The Morgan fingerprint density at radius 3 is 2.58 bits per heavy atom. The molecule has 0 fully saturated rings. The van der Waals surface area contributed by atoms with Crippen LogP contribution in [0.1, 0.15) is 24.1 Å². The Kier molecular flexibility index (Phi) is 2.75. The maximum Gasteiger partial charge on any atom is 0.134 e. The van der Waals surface area contributed by atoms with Crippen molar-refractivity contribution in [3.8, 4) is 5.75 Å². The molecule has 0 aliphatic heterocycles. The Bertz CT molecular complexity index is 297. The molecule has 1 aromatic rings. The third-order valence-corrected chi connectivity index (χ3v) is 2.83. The zero-order valence-corrected chi connectivity index (χ0v) is 8.72. The summed E-state index contributed by atoms with van der Waals surface area (Å²) in [6.45, 7) is 3.77. The first-order valence-corrected chi connectivity index (χ1v) is 4.57. The Balaban J connectivity index is 3.27. The van der Waals surface area contributed by atoms with Crippen molar-refractivity contribution >= 4 is 15.9 Å². The van der Waals surface area contributed by atoms with Crippen LogP contribution in [0.5, 0.6) is 5.75 Å². The molecule has 1 rings (SSSR count). The van der Waals surface area contributed by atoms with Crippen LogP contribution >= 0.6 is 15.9 Å². The van der Waals surface area contributed by atoms with Gasteiger partial charge in [0.05, 0.1) is 4.47 Å². The molecule has 0 saturated heterocycles. The number of phenolic OH excluding ortho intramolecular Hbond substituents is 1. The zero-order chi connectivity index (χ0) is 9.30. The van der Waals surface area contributed by atoms with Gasteiger partial charge >= 0.3 is 0 Å². The Morgan fingerprint density at radius 2 is 2.08 bits per heavy atom. The van der Waals surface area contributed by atoms with E-state index in [0.29, 0.717) is 0 Å². The molecule has 12 heavy (non-hydrogen) atoms. The highest BCUT2D eigenvalue weighted by Gasteiger charge is 2.10. The van der Waals surface area contributed by atoms with Gasteiger partial charge in [0.2, 0.25) is 0 Å². The van der Waals surface area contributed by atoms with Crippen molar-refractivity contribution in [1.82, 2.24) is 0 Å². The number of aryl methyl sites for hydroxylation is 1. The Morgan fingerprint density at radius 1 is 1.50 bits per heavy atom. The molecular formula is C9H12BrNO. The highest BCUT2D eigenvalue weighted by molar-refractivity contribution is 9.10. The second kappa shape index (κ2) is 3.46. The maximum absolute atomic E-state index is 9.62. The second-order valence-electron chi connectivity index (χ2n) is 2.92. The standard InChI is InChI=1S/C9H12BrNO/c1-5-3-4-7(6(2)11)9(12)8(5)10/h3-4,6,12H,11H2,1-2H3. The average Bonchev–Trinajstić information content (AvgIpc) is 2.00. The van der Waals surface area contributed by atoms with E-state index in [1.165, 1.54) is 0 Å². The molecule has 0 spiro atoms. The van der Waals surface area contributed by atoms with E-state index in [0.717, 1.165) is 15.6 Å². The second-order valence-corrected chi connectivity index (χ2v) is 3.72. The van der Waals surface area contributed by atoms with Crippen molar-refractivity contribution in [2.24, 2.45) is 5.73 Å². The number of phenols is 1. The Labute approximate surface area is 80.5 Å². The normalized spacial score (nSPS) is 13.0. The average molecular weight is 230 g/mol. The van der Waals surface area contributed by atoms with Crippen LogP contribution in [0.4, 0.5) is 0 Å². The highest BCUT2D eigenvalue weighted by atomic mass is 79.9. The molecule has 1 atom stereocenters. The van der Waals surface area contributed by atoms with Gasteiger partial charge in [-0.1, -0.05) is 12.1 Å². The monoisotopic (exact) mass is 229 g/mol. The number of nitrogens with two attached hydrogens (primary N) is 1.